The van der Waals surface area contributed by atoms with Crippen LogP contribution in [0.5, 0.6) is 0 Å². The Kier molecular flexibility index (Phi) is 4.37. The lowest BCUT2D eigenvalue weighted by Gasteiger charge is -2.12. The van der Waals surface area contributed by atoms with Crippen molar-refractivity contribution in [3.05, 3.63) is 35.1 Å². The molecule has 122 valence electrons. The summed E-state index contributed by atoms with van der Waals surface area (Å²) in [5.74, 6) is -0.952. The van der Waals surface area contributed by atoms with Gasteiger partial charge in [0.05, 0.1) is 12.7 Å². The van der Waals surface area contributed by atoms with Crippen molar-refractivity contribution in [2.24, 2.45) is 0 Å². The first kappa shape index (κ1) is 15.6. The maximum Gasteiger partial charge on any atom is 0.303 e. The van der Waals surface area contributed by atoms with E-state index in [1.807, 2.05) is 6.92 Å². The summed E-state index contributed by atoms with van der Waals surface area (Å²) in [5, 5.41) is 12.5. The number of carbonyl (C=O) groups excluding carboxylic acids is 1. The summed E-state index contributed by atoms with van der Waals surface area (Å²) in [6.45, 7) is 1.82. The van der Waals surface area contributed by atoms with Gasteiger partial charge in [0.2, 0.25) is 5.91 Å². The van der Waals surface area contributed by atoms with Crippen LogP contribution in [0.15, 0.2) is 22.8 Å². The molecule has 2 aromatic rings. The van der Waals surface area contributed by atoms with E-state index in [9.17, 15) is 9.59 Å². The molecular formula is C18H21NO4. The van der Waals surface area contributed by atoms with E-state index >= 15 is 0 Å². The number of carboxylic acid groups (broad SMARTS) is 1. The van der Waals surface area contributed by atoms with Crippen molar-refractivity contribution in [1.29, 1.82) is 0 Å². The van der Waals surface area contributed by atoms with Crippen LogP contribution in [0.25, 0.3) is 11.0 Å². The van der Waals surface area contributed by atoms with Crippen molar-refractivity contribution in [2.45, 2.75) is 51.5 Å². The molecule has 0 radical (unpaired) electrons. The molecule has 1 amide bonds. The van der Waals surface area contributed by atoms with Crippen LogP contribution in [-0.4, -0.2) is 23.0 Å². The van der Waals surface area contributed by atoms with Crippen LogP contribution in [0.4, 0.5) is 0 Å². The van der Waals surface area contributed by atoms with E-state index in [1.165, 1.54) is 17.5 Å². The van der Waals surface area contributed by atoms with E-state index in [2.05, 4.69) is 17.4 Å². The van der Waals surface area contributed by atoms with Gasteiger partial charge in [-0.2, -0.15) is 0 Å². The van der Waals surface area contributed by atoms with Crippen LogP contribution < -0.4 is 5.32 Å². The Bertz CT molecular complexity index is 747. The second-order valence-electron chi connectivity index (χ2n) is 6.31. The molecule has 1 atom stereocenters. The molecule has 1 heterocycles. The summed E-state index contributed by atoms with van der Waals surface area (Å²) >= 11 is 0. The standard InChI is InChI=1S/C18H21NO4/c1-11(5-6-18(21)22)19-17(20)9-14-10-23-16-8-13-4-2-3-12(13)7-15(14)16/h7-8,10-11H,2-6,9H2,1H3,(H,19,20)(H,21,22). The smallest absolute Gasteiger partial charge is 0.303 e. The molecule has 0 bridgehead atoms. The zero-order chi connectivity index (χ0) is 16.4. The Hall–Kier alpha value is -2.30. The highest BCUT2D eigenvalue weighted by Crippen LogP contribution is 2.30. The van der Waals surface area contributed by atoms with E-state index < -0.39 is 5.97 Å². The quantitative estimate of drug-likeness (QED) is 0.859. The van der Waals surface area contributed by atoms with Crippen LogP contribution in [0.2, 0.25) is 0 Å². The Morgan fingerprint density at radius 1 is 1.30 bits per heavy atom. The molecule has 0 saturated carbocycles. The van der Waals surface area contributed by atoms with Gasteiger partial charge in [-0.1, -0.05) is 0 Å². The maximum absolute atomic E-state index is 12.1. The van der Waals surface area contributed by atoms with Crippen molar-refractivity contribution in [1.82, 2.24) is 5.32 Å². The molecule has 0 saturated heterocycles. The summed E-state index contributed by atoms with van der Waals surface area (Å²) in [7, 11) is 0. The number of benzene rings is 1. The molecule has 5 nitrogen and oxygen atoms in total. The van der Waals surface area contributed by atoms with Crippen molar-refractivity contribution in [3.8, 4) is 0 Å². The minimum absolute atomic E-state index is 0.0578. The average molecular weight is 315 g/mol. The lowest BCUT2D eigenvalue weighted by molar-refractivity contribution is -0.137. The third-order valence-corrected chi connectivity index (χ3v) is 4.42. The fraction of sp³-hybridized carbons (Fsp3) is 0.444. The summed E-state index contributed by atoms with van der Waals surface area (Å²) in [4.78, 5) is 22.7. The van der Waals surface area contributed by atoms with E-state index in [1.54, 1.807) is 6.26 Å². The maximum atomic E-state index is 12.1. The van der Waals surface area contributed by atoms with Gasteiger partial charge in [-0.3, -0.25) is 9.59 Å². The van der Waals surface area contributed by atoms with Gasteiger partial charge in [-0.05, 0) is 55.9 Å². The zero-order valence-corrected chi connectivity index (χ0v) is 13.2. The molecule has 23 heavy (non-hydrogen) atoms. The predicted molar refractivity (Wildman–Crippen MR) is 86.4 cm³/mol. The molecule has 0 aliphatic heterocycles. The number of nitrogens with one attached hydrogen (secondary N) is 1. The molecule has 1 aromatic heterocycles. The zero-order valence-electron chi connectivity index (χ0n) is 13.2. The number of aryl methyl sites for hydroxylation is 2. The minimum atomic E-state index is -0.846. The van der Waals surface area contributed by atoms with Gasteiger partial charge in [0, 0.05) is 23.4 Å². The van der Waals surface area contributed by atoms with Crippen molar-refractivity contribution < 1.29 is 19.1 Å². The fourth-order valence-electron chi connectivity index (χ4n) is 3.20. The third-order valence-electron chi connectivity index (χ3n) is 4.42. The first-order valence-electron chi connectivity index (χ1n) is 8.06. The van der Waals surface area contributed by atoms with Crippen LogP contribution in [-0.2, 0) is 28.9 Å². The average Bonchev–Trinajstić information content (AvgIpc) is 3.09. The number of carboxylic acids is 1. The third kappa shape index (κ3) is 3.55. The number of carbonyl (C=O) groups is 2. The Morgan fingerprint density at radius 2 is 2.04 bits per heavy atom. The number of hydrogen-bond donors (Lipinski definition) is 2. The summed E-state index contributed by atoms with van der Waals surface area (Å²) in [5.41, 5.74) is 4.44. The van der Waals surface area contributed by atoms with Crippen molar-refractivity contribution in [3.63, 3.8) is 0 Å². The number of furan rings is 1. The van der Waals surface area contributed by atoms with Crippen LogP contribution in [0.1, 0.15) is 42.9 Å². The fourth-order valence-corrected chi connectivity index (χ4v) is 3.20. The number of aliphatic carboxylic acids is 1. The van der Waals surface area contributed by atoms with Gasteiger partial charge in [-0.25, -0.2) is 0 Å². The van der Waals surface area contributed by atoms with Gasteiger partial charge in [-0.15, -0.1) is 0 Å². The largest absolute Gasteiger partial charge is 0.481 e. The van der Waals surface area contributed by atoms with Gasteiger partial charge >= 0.3 is 5.97 Å². The molecule has 3 rings (SSSR count). The van der Waals surface area contributed by atoms with Crippen LogP contribution in [0, 0.1) is 0 Å². The minimum Gasteiger partial charge on any atom is -0.481 e. The number of amides is 1. The van der Waals surface area contributed by atoms with Gasteiger partial charge < -0.3 is 14.8 Å². The Balaban J connectivity index is 1.67. The summed E-state index contributed by atoms with van der Waals surface area (Å²) < 4.78 is 5.60. The van der Waals surface area contributed by atoms with E-state index in [0.717, 1.165) is 29.4 Å². The second kappa shape index (κ2) is 6.44. The number of fused-ring (bicyclic) bond motifs is 2. The summed E-state index contributed by atoms with van der Waals surface area (Å²) in [6.07, 6.45) is 5.77. The molecule has 2 N–H and O–H groups in total. The van der Waals surface area contributed by atoms with E-state index in [-0.39, 0.29) is 24.8 Å². The topological polar surface area (TPSA) is 79.5 Å². The van der Waals surface area contributed by atoms with Gasteiger partial charge in [0.25, 0.3) is 0 Å². The van der Waals surface area contributed by atoms with Gasteiger partial charge in [0.1, 0.15) is 5.58 Å². The molecule has 1 unspecified atom stereocenters. The van der Waals surface area contributed by atoms with Crippen LogP contribution >= 0.6 is 0 Å². The molecule has 1 aliphatic carbocycles. The number of hydrogen-bond acceptors (Lipinski definition) is 3. The van der Waals surface area contributed by atoms with E-state index in [4.69, 9.17) is 9.52 Å². The van der Waals surface area contributed by atoms with Crippen molar-refractivity contribution >= 4 is 22.8 Å². The highest BCUT2D eigenvalue weighted by Gasteiger charge is 2.17. The lowest BCUT2D eigenvalue weighted by Crippen LogP contribution is -2.34. The van der Waals surface area contributed by atoms with E-state index in [0.29, 0.717) is 6.42 Å². The predicted octanol–water partition coefficient (Wildman–Crippen LogP) is 2.83. The first-order valence-corrected chi connectivity index (χ1v) is 8.06. The molecule has 5 heteroatoms. The number of rotatable bonds is 6. The monoisotopic (exact) mass is 315 g/mol. The highest BCUT2D eigenvalue weighted by atomic mass is 16.4. The summed E-state index contributed by atoms with van der Waals surface area (Å²) in [6, 6.07) is 4.09. The molecule has 1 aromatic carbocycles. The molecule has 0 spiro atoms. The molecular weight excluding hydrogens is 294 g/mol. The Labute approximate surface area is 134 Å². The highest BCUT2D eigenvalue weighted by molar-refractivity contribution is 5.88. The lowest BCUT2D eigenvalue weighted by atomic mass is 10.0. The second-order valence-corrected chi connectivity index (χ2v) is 6.31. The Morgan fingerprint density at radius 3 is 2.78 bits per heavy atom. The molecule has 0 fully saturated rings. The molecule has 1 aliphatic rings. The van der Waals surface area contributed by atoms with Gasteiger partial charge in [0.15, 0.2) is 0 Å². The van der Waals surface area contributed by atoms with Crippen molar-refractivity contribution in [2.75, 3.05) is 0 Å². The normalized spacial score (nSPS) is 14.7. The first-order chi connectivity index (χ1) is 11.0. The van der Waals surface area contributed by atoms with Crippen LogP contribution in [0.3, 0.4) is 0 Å². The SMILES string of the molecule is CC(CCC(=O)O)NC(=O)Cc1coc2cc3c(cc12)CCC3.